The molecule has 3 aliphatic rings. The van der Waals surface area contributed by atoms with Crippen molar-refractivity contribution < 1.29 is 4.52 Å². The van der Waals surface area contributed by atoms with Gasteiger partial charge in [0.25, 0.3) is 0 Å². The molecule has 22 heavy (non-hydrogen) atoms. The van der Waals surface area contributed by atoms with Crippen LogP contribution in [0.3, 0.4) is 0 Å². The van der Waals surface area contributed by atoms with Gasteiger partial charge >= 0.3 is 0 Å². The molecule has 0 aliphatic carbocycles. The molecule has 5 rings (SSSR count). The highest BCUT2D eigenvalue weighted by Gasteiger charge is 2.47. The topological polar surface area (TPSA) is 41.3 Å². The van der Waals surface area contributed by atoms with Crippen LogP contribution < -0.4 is 5.32 Å². The summed E-state index contributed by atoms with van der Waals surface area (Å²) in [4.78, 5) is 2.57. The molecule has 6 heteroatoms. The number of piperidine rings is 3. The first kappa shape index (κ1) is 14.6. The van der Waals surface area contributed by atoms with Crippen molar-refractivity contribution in [3.8, 4) is 0 Å². The van der Waals surface area contributed by atoms with Crippen LogP contribution in [0.15, 0.2) is 16.7 Å². The maximum Gasteiger partial charge on any atom is 0.189 e. The maximum absolute atomic E-state index is 6.20. The Morgan fingerprint density at radius 2 is 2.00 bits per heavy atom. The zero-order valence-electron chi connectivity index (χ0n) is 12.7. The summed E-state index contributed by atoms with van der Waals surface area (Å²) in [6.07, 6.45) is 2.48. The van der Waals surface area contributed by atoms with Crippen molar-refractivity contribution in [1.82, 2.24) is 10.1 Å². The highest BCUT2D eigenvalue weighted by Crippen LogP contribution is 2.42. The van der Waals surface area contributed by atoms with E-state index in [4.69, 9.17) is 27.7 Å². The standard InChI is InChI=1S/C16H19Cl2N3O/c1-16(2)14(9-5-7-21(16)8-6-9)19-15-10-3-4-11(17)12(18)13(10)22-20-15/h3-4,9,14H,5-8H2,1-2H3,(H,19,20)/t14-/m1/s1. The molecule has 0 unspecified atom stereocenters. The molecule has 4 nitrogen and oxygen atoms in total. The van der Waals surface area contributed by atoms with Gasteiger partial charge in [-0.2, -0.15) is 0 Å². The summed E-state index contributed by atoms with van der Waals surface area (Å²) in [5.41, 5.74) is 0.665. The minimum absolute atomic E-state index is 0.114. The number of hydrogen-bond donors (Lipinski definition) is 1. The zero-order valence-corrected chi connectivity index (χ0v) is 14.2. The van der Waals surface area contributed by atoms with Crippen LogP contribution in [0.4, 0.5) is 5.82 Å². The lowest BCUT2D eigenvalue weighted by atomic mass is 9.72. The SMILES string of the molecule is CC1(C)[C@H](Nc2noc3c(Cl)c(Cl)ccc23)C2CCN1CC2. The number of halogens is 2. The first-order chi connectivity index (χ1) is 10.5. The second-order valence-corrected chi connectivity index (χ2v) is 7.65. The van der Waals surface area contributed by atoms with Crippen LogP contribution in [0, 0.1) is 5.92 Å². The van der Waals surface area contributed by atoms with Gasteiger partial charge in [0.15, 0.2) is 11.4 Å². The first-order valence-corrected chi connectivity index (χ1v) is 8.49. The quantitative estimate of drug-likeness (QED) is 0.879. The van der Waals surface area contributed by atoms with Crippen molar-refractivity contribution in [3.63, 3.8) is 0 Å². The third kappa shape index (κ3) is 2.04. The van der Waals surface area contributed by atoms with Gasteiger partial charge < -0.3 is 9.84 Å². The van der Waals surface area contributed by atoms with Crippen molar-refractivity contribution in [1.29, 1.82) is 0 Å². The third-order valence-corrected chi connectivity index (χ3v) is 6.20. The summed E-state index contributed by atoms with van der Waals surface area (Å²) >= 11 is 12.2. The predicted octanol–water partition coefficient (Wildman–Crippen LogP) is 4.42. The van der Waals surface area contributed by atoms with Gasteiger partial charge in [-0.1, -0.05) is 28.4 Å². The largest absolute Gasteiger partial charge is 0.362 e. The maximum atomic E-state index is 6.20. The third-order valence-electron chi connectivity index (χ3n) is 5.41. The average Bonchev–Trinajstić information content (AvgIpc) is 2.91. The van der Waals surface area contributed by atoms with E-state index in [2.05, 4.69) is 29.2 Å². The molecule has 1 N–H and O–H groups in total. The molecule has 1 aromatic carbocycles. The number of benzene rings is 1. The molecule has 3 aliphatic heterocycles. The number of rotatable bonds is 2. The van der Waals surface area contributed by atoms with E-state index in [0.29, 0.717) is 27.6 Å². The summed E-state index contributed by atoms with van der Waals surface area (Å²) in [7, 11) is 0. The number of nitrogens with zero attached hydrogens (tertiary/aromatic N) is 2. The number of nitrogens with one attached hydrogen (secondary N) is 1. The van der Waals surface area contributed by atoms with E-state index in [1.807, 2.05) is 6.07 Å². The van der Waals surface area contributed by atoms with Crippen LogP contribution in [-0.2, 0) is 0 Å². The Morgan fingerprint density at radius 3 is 2.68 bits per heavy atom. The van der Waals surface area contributed by atoms with E-state index in [0.717, 1.165) is 11.2 Å². The summed E-state index contributed by atoms with van der Waals surface area (Å²) in [6.45, 7) is 7.00. The second kappa shape index (κ2) is 5.02. The molecule has 1 aromatic heterocycles. The van der Waals surface area contributed by atoms with Crippen molar-refractivity contribution in [2.75, 3.05) is 18.4 Å². The highest BCUT2D eigenvalue weighted by molar-refractivity contribution is 6.45. The van der Waals surface area contributed by atoms with Gasteiger partial charge in [0.2, 0.25) is 0 Å². The molecule has 0 saturated carbocycles. The summed E-state index contributed by atoms with van der Waals surface area (Å²) in [5, 5.41) is 9.62. The van der Waals surface area contributed by atoms with Gasteiger partial charge in [0.05, 0.1) is 10.4 Å². The Labute approximate surface area is 139 Å². The van der Waals surface area contributed by atoms with E-state index in [1.54, 1.807) is 6.07 Å². The molecule has 0 amide bonds. The van der Waals surface area contributed by atoms with Crippen molar-refractivity contribution in [2.24, 2.45) is 5.92 Å². The van der Waals surface area contributed by atoms with Gasteiger partial charge in [-0.15, -0.1) is 0 Å². The normalized spacial score (nSPS) is 29.9. The van der Waals surface area contributed by atoms with Crippen molar-refractivity contribution in [2.45, 2.75) is 38.3 Å². The summed E-state index contributed by atoms with van der Waals surface area (Å²) in [6, 6.07) is 4.06. The Balaban J connectivity index is 1.70. The monoisotopic (exact) mass is 339 g/mol. The molecule has 2 aromatic rings. The molecule has 4 heterocycles. The molecule has 3 saturated heterocycles. The molecule has 2 bridgehead atoms. The summed E-state index contributed by atoms with van der Waals surface area (Å²) in [5.74, 6) is 1.44. The minimum Gasteiger partial charge on any atom is -0.362 e. The lowest BCUT2D eigenvalue weighted by Crippen LogP contribution is -2.66. The van der Waals surface area contributed by atoms with Crippen molar-refractivity contribution in [3.05, 3.63) is 22.2 Å². The lowest BCUT2D eigenvalue weighted by molar-refractivity contribution is -0.0189. The molecular weight excluding hydrogens is 321 g/mol. The average molecular weight is 340 g/mol. The van der Waals surface area contributed by atoms with Crippen LogP contribution in [-0.4, -0.2) is 34.7 Å². The highest BCUT2D eigenvalue weighted by atomic mass is 35.5. The van der Waals surface area contributed by atoms with E-state index in [9.17, 15) is 0 Å². The van der Waals surface area contributed by atoms with Gasteiger partial charge in [-0.25, -0.2) is 0 Å². The van der Waals surface area contributed by atoms with E-state index >= 15 is 0 Å². The van der Waals surface area contributed by atoms with Crippen molar-refractivity contribution >= 4 is 40.0 Å². The van der Waals surface area contributed by atoms with E-state index in [-0.39, 0.29) is 5.54 Å². The Hall–Kier alpha value is -0.970. The van der Waals surface area contributed by atoms with Gasteiger partial charge in [-0.05, 0) is 57.8 Å². The second-order valence-electron chi connectivity index (χ2n) is 6.87. The lowest BCUT2D eigenvalue weighted by Gasteiger charge is -2.56. The number of hydrogen-bond acceptors (Lipinski definition) is 4. The molecular formula is C16H19Cl2N3O. The summed E-state index contributed by atoms with van der Waals surface area (Å²) < 4.78 is 5.41. The van der Waals surface area contributed by atoms with E-state index in [1.165, 1.54) is 25.9 Å². The van der Waals surface area contributed by atoms with E-state index < -0.39 is 0 Å². The van der Waals surface area contributed by atoms with Gasteiger partial charge in [-0.3, -0.25) is 4.90 Å². The van der Waals surface area contributed by atoms with Crippen LogP contribution in [0.1, 0.15) is 26.7 Å². The fourth-order valence-corrected chi connectivity index (χ4v) is 4.42. The van der Waals surface area contributed by atoms with Crippen LogP contribution >= 0.6 is 23.2 Å². The predicted molar refractivity (Wildman–Crippen MR) is 89.8 cm³/mol. The first-order valence-electron chi connectivity index (χ1n) is 7.73. The molecule has 0 radical (unpaired) electrons. The molecule has 118 valence electrons. The van der Waals surface area contributed by atoms with Crippen LogP contribution in [0.25, 0.3) is 11.0 Å². The molecule has 3 fully saturated rings. The van der Waals surface area contributed by atoms with Gasteiger partial charge in [0.1, 0.15) is 5.02 Å². The number of anilines is 1. The Kier molecular flexibility index (Phi) is 3.33. The molecule has 0 spiro atoms. The Bertz CT molecular complexity index is 719. The Morgan fingerprint density at radius 1 is 1.27 bits per heavy atom. The smallest absolute Gasteiger partial charge is 0.189 e. The van der Waals surface area contributed by atoms with Crippen LogP contribution in [0.2, 0.25) is 10.0 Å². The molecule has 1 atom stereocenters. The minimum atomic E-state index is 0.114. The van der Waals surface area contributed by atoms with Crippen LogP contribution in [0.5, 0.6) is 0 Å². The number of fused-ring (bicyclic) bond motifs is 4. The van der Waals surface area contributed by atoms with Gasteiger partial charge in [0, 0.05) is 11.6 Å². The number of aromatic nitrogens is 1. The zero-order chi connectivity index (χ0) is 15.5. The fraction of sp³-hybridized carbons (Fsp3) is 0.562. The fourth-order valence-electron chi connectivity index (χ4n) is 4.08.